The molecule has 0 spiro atoms. The van der Waals surface area contributed by atoms with E-state index in [1.54, 1.807) is 6.07 Å². The van der Waals surface area contributed by atoms with E-state index >= 15 is 0 Å². The zero-order valence-corrected chi connectivity index (χ0v) is 9.50. The highest BCUT2D eigenvalue weighted by molar-refractivity contribution is 5.99. The van der Waals surface area contributed by atoms with E-state index in [1.165, 1.54) is 0 Å². The van der Waals surface area contributed by atoms with Gasteiger partial charge >= 0.3 is 0 Å². The summed E-state index contributed by atoms with van der Waals surface area (Å²) in [6, 6.07) is 5.65. The second-order valence-electron chi connectivity index (χ2n) is 3.87. The van der Waals surface area contributed by atoms with Crippen molar-refractivity contribution in [2.45, 2.75) is 33.2 Å². The number of hydrogen-bond acceptors (Lipinski definition) is 2. The van der Waals surface area contributed by atoms with Gasteiger partial charge in [0.05, 0.1) is 5.56 Å². The van der Waals surface area contributed by atoms with Gasteiger partial charge < -0.3 is 11.1 Å². The fourth-order valence-corrected chi connectivity index (χ4v) is 1.27. The molecule has 0 aliphatic heterocycles. The van der Waals surface area contributed by atoms with Gasteiger partial charge in [-0.25, -0.2) is 0 Å². The molecule has 0 saturated carbocycles. The maximum absolute atomic E-state index is 11.8. The lowest BCUT2D eigenvalue weighted by atomic mass is 10.1. The molecule has 0 radical (unpaired) electrons. The third-order valence-corrected chi connectivity index (χ3v) is 2.44. The summed E-state index contributed by atoms with van der Waals surface area (Å²) >= 11 is 0. The first-order valence-corrected chi connectivity index (χ1v) is 5.21. The fraction of sp³-hybridized carbons (Fsp3) is 0.417. The molecule has 1 aromatic carbocycles. The van der Waals surface area contributed by atoms with Crippen LogP contribution in [0.2, 0.25) is 0 Å². The van der Waals surface area contributed by atoms with Gasteiger partial charge in [-0.15, -0.1) is 0 Å². The molecule has 82 valence electrons. The van der Waals surface area contributed by atoms with Crippen LogP contribution >= 0.6 is 0 Å². The van der Waals surface area contributed by atoms with Crippen molar-refractivity contribution in [2.24, 2.45) is 0 Å². The molecule has 0 aliphatic rings. The van der Waals surface area contributed by atoms with E-state index in [9.17, 15) is 4.79 Å². The van der Waals surface area contributed by atoms with Gasteiger partial charge in [-0.05, 0) is 32.4 Å². The van der Waals surface area contributed by atoms with Gasteiger partial charge in [-0.3, -0.25) is 4.79 Å². The highest BCUT2D eigenvalue weighted by Gasteiger charge is 2.11. The number of carbonyl (C=O) groups excluding carboxylic acids is 1. The van der Waals surface area contributed by atoms with Crippen LogP contribution in [0.25, 0.3) is 0 Å². The molecule has 1 unspecified atom stereocenters. The highest BCUT2D eigenvalue weighted by Crippen LogP contribution is 2.13. The lowest BCUT2D eigenvalue weighted by Crippen LogP contribution is -2.32. The quantitative estimate of drug-likeness (QED) is 0.744. The molecule has 1 atom stereocenters. The first kappa shape index (κ1) is 11.6. The minimum Gasteiger partial charge on any atom is -0.398 e. The third kappa shape index (κ3) is 2.98. The number of rotatable bonds is 3. The lowest BCUT2D eigenvalue weighted by Gasteiger charge is -2.12. The summed E-state index contributed by atoms with van der Waals surface area (Å²) in [5.74, 6) is -0.0921. The van der Waals surface area contributed by atoms with Gasteiger partial charge in [0.25, 0.3) is 5.91 Å². The van der Waals surface area contributed by atoms with Gasteiger partial charge in [-0.2, -0.15) is 0 Å². The molecule has 0 bridgehead atoms. The number of amides is 1. The predicted octanol–water partition coefficient (Wildman–Crippen LogP) is 2.11. The molecule has 3 heteroatoms. The Kier molecular flexibility index (Phi) is 3.72. The van der Waals surface area contributed by atoms with Crippen LogP contribution in [0.15, 0.2) is 18.2 Å². The summed E-state index contributed by atoms with van der Waals surface area (Å²) in [6.07, 6.45) is 0.914. The van der Waals surface area contributed by atoms with E-state index in [-0.39, 0.29) is 11.9 Å². The molecule has 3 nitrogen and oxygen atoms in total. The standard InChI is InChI=1S/C12H18N2O/c1-4-9(3)14-12(15)10-7-8(2)5-6-11(10)13/h5-7,9H,4,13H2,1-3H3,(H,14,15). The number of carbonyl (C=O) groups is 1. The first-order valence-electron chi connectivity index (χ1n) is 5.21. The van der Waals surface area contributed by atoms with Gasteiger partial charge in [0.1, 0.15) is 0 Å². The number of aryl methyl sites for hydroxylation is 1. The highest BCUT2D eigenvalue weighted by atomic mass is 16.1. The Hall–Kier alpha value is -1.51. The number of benzene rings is 1. The predicted molar refractivity (Wildman–Crippen MR) is 62.8 cm³/mol. The fourth-order valence-electron chi connectivity index (χ4n) is 1.27. The third-order valence-electron chi connectivity index (χ3n) is 2.44. The van der Waals surface area contributed by atoms with E-state index in [4.69, 9.17) is 5.73 Å². The zero-order chi connectivity index (χ0) is 11.4. The van der Waals surface area contributed by atoms with Gasteiger partial charge in [0.2, 0.25) is 0 Å². The Morgan fingerprint density at radius 3 is 2.80 bits per heavy atom. The van der Waals surface area contributed by atoms with Gasteiger partial charge in [0, 0.05) is 11.7 Å². The molecular weight excluding hydrogens is 188 g/mol. The Morgan fingerprint density at radius 1 is 1.53 bits per heavy atom. The lowest BCUT2D eigenvalue weighted by molar-refractivity contribution is 0.0940. The number of hydrogen-bond donors (Lipinski definition) is 2. The zero-order valence-electron chi connectivity index (χ0n) is 9.50. The second-order valence-corrected chi connectivity index (χ2v) is 3.87. The number of nitrogens with two attached hydrogens (primary N) is 1. The second kappa shape index (κ2) is 4.82. The first-order chi connectivity index (χ1) is 7.04. The molecule has 0 aromatic heterocycles. The Balaban J connectivity index is 2.86. The van der Waals surface area contributed by atoms with Crippen molar-refractivity contribution in [3.63, 3.8) is 0 Å². The van der Waals surface area contributed by atoms with Crippen LogP contribution in [0.1, 0.15) is 36.2 Å². The van der Waals surface area contributed by atoms with E-state index < -0.39 is 0 Å². The van der Waals surface area contributed by atoms with Crippen LogP contribution in [-0.4, -0.2) is 11.9 Å². The Labute approximate surface area is 90.7 Å². The summed E-state index contributed by atoms with van der Waals surface area (Å²) in [5.41, 5.74) is 7.88. The van der Waals surface area contributed by atoms with Crippen molar-refractivity contribution >= 4 is 11.6 Å². The summed E-state index contributed by atoms with van der Waals surface area (Å²) < 4.78 is 0. The van der Waals surface area contributed by atoms with Crippen LogP contribution in [0.5, 0.6) is 0 Å². The van der Waals surface area contributed by atoms with Crippen molar-refractivity contribution in [1.82, 2.24) is 5.32 Å². The van der Waals surface area contributed by atoms with Crippen molar-refractivity contribution in [2.75, 3.05) is 5.73 Å². The monoisotopic (exact) mass is 206 g/mol. The summed E-state index contributed by atoms with van der Waals surface area (Å²) in [4.78, 5) is 11.8. The largest absolute Gasteiger partial charge is 0.398 e. The maximum Gasteiger partial charge on any atom is 0.253 e. The van der Waals surface area contributed by atoms with E-state index in [2.05, 4.69) is 5.32 Å². The molecule has 0 aliphatic carbocycles. The molecule has 0 heterocycles. The smallest absolute Gasteiger partial charge is 0.253 e. The Bertz CT molecular complexity index is 361. The van der Waals surface area contributed by atoms with Crippen LogP contribution < -0.4 is 11.1 Å². The average molecular weight is 206 g/mol. The van der Waals surface area contributed by atoms with E-state index in [1.807, 2.05) is 32.9 Å². The van der Waals surface area contributed by atoms with Gasteiger partial charge in [0.15, 0.2) is 0 Å². The average Bonchev–Trinajstić information content (AvgIpc) is 2.21. The van der Waals surface area contributed by atoms with Crippen molar-refractivity contribution in [3.8, 4) is 0 Å². The topological polar surface area (TPSA) is 55.1 Å². The maximum atomic E-state index is 11.8. The molecule has 0 saturated heterocycles. The molecule has 1 rings (SSSR count). The summed E-state index contributed by atoms with van der Waals surface area (Å²) in [6.45, 7) is 5.95. The number of nitrogen functional groups attached to an aromatic ring is 1. The van der Waals surface area contributed by atoms with E-state index in [0.29, 0.717) is 11.3 Å². The minimum atomic E-state index is -0.0921. The van der Waals surface area contributed by atoms with Gasteiger partial charge in [-0.1, -0.05) is 18.6 Å². The minimum absolute atomic E-state index is 0.0921. The molecule has 0 fully saturated rings. The van der Waals surface area contributed by atoms with Crippen LogP contribution in [0, 0.1) is 6.92 Å². The van der Waals surface area contributed by atoms with Crippen molar-refractivity contribution in [3.05, 3.63) is 29.3 Å². The molecular formula is C12H18N2O. The van der Waals surface area contributed by atoms with Crippen molar-refractivity contribution < 1.29 is 4.79 Å². The molecule has 1 amide bonds. The van der Waals surface area contributed by atoms with Crippen LogP contribution in [0.4, 0.5) is 5.69 Å². The summed E-state index contributed by atoms with van der Waals surface area (Å²) in [7, 11) is 0. The van der Waals surface area contributed by atoms with E-state index in [0.717, 1.165) is 12.0 Å². The SMILES string of the molecule is CCC(C)NC(=O)c1cc(C)ccc1N. The number of anilines is 1. The summed E-state index contributed by atoms with van der Waals surface area (Å²) in [5, 5.41) is 2.89. The van der Waals surface area contributed by atoms with Crippen LogP contribution in [0.3, 0.4) is 0 Å². The molecule has 1 aromatic rings. The normalized spacial score (nSPS) is 12.2. The number of nitrogens with one attached hydrogen (secondary N) is 1. The molecule has 3 N–H and O–H groups in total. The molecule has 15 heavy (non-hydrogen) atoms. The van der Waals surface area contributed by atoms with Crippen molar-refractivity contribution in [1.29, 1.82) is 0 Å². The Morgan fingerprint density at radius 2 is 2.20 bits per heavy atom. The van der Waals surface area contributed by atoms with Crippen LogP contribution in [-0.2, 0) is 0 Å².